The third-order valence-corrected chi connectivity index (χ3v) is 23.1. The number of hydrogen-bond donors (Lipinski definition) is 0. The summed E-state index contributed by atoms with van der Waals surface area (Å²) in [6.07, 6.45) is 6.13. The Bertz CT molecular complexity index is 2140. The fourth-order valence-corrected chi connectivity index (χ4v) is 20.5. The normalized spacial score (nSPS) is 17.6. The Labute approximate surface area is 369 Å². The lowest BCUT2D eigenvalue weighted by Gasteiger charge is -2.35. The quantitative estimate of drug-likeness (QED) is 0.0849. The van der Waals surface area contributed by atoms with E-state index < -0.39 is 31.7 Å². The summed E-state index contributed by atoms with van der Waals surface area (Å²) in [6, 6.07) is 92.3. The molecule has 0 spiro atoms. The van der Waals surface area contributed by atoms with Crippen molar-refractivity contribution in [1.29, 1.82) is 0 Å². The van der Waals surface area contributed by atoms with Crippen molar-refractivity contribution in [3.05, 3.63) is 243 Å². The largest absolute Gasteiger partial charge is 0.0622 e. The van der Waals surface area contributed by atoms with Gasteiger partial charge in [0.15, 0.2) is 0 Å². The number of hydrogen-bond acceptors (Lipinski definition) is 0. The lowest BCUT2D eigenvalue weighted by Crippen LogP contribution is -2.32. The standard InChI is InChI=1S/C57H54P4/c1-9-25-48(26-10-1)58(49-27-11-2-12-28-49)42-46-41-47(43-59(50-29-13-3-14-30-50)51-31-15-4-16-32-51)57(45-61(54-37-21-7-22-38-54)55-39-23-8-24-40-55)56(46)44-60(52-33-17-5-18-34-52)53-35-19-6-20-36-53/h1-40,46-47,56-57H,41-45H2/t46?,47?,56-,57+. The van der Waals surface area contributed by atoms with E-state index in [-0.39, 0.29) is 0 Å². The third-order valence-electron chi connectivity index (χ3n) is 12.5. The van der Waals surface area contributed by atoms with Crippen LogP contribution in [0.5, 0.6) is 0 Å². The second-order valence-electron chi connectivity index (χ2n) is 16.2. The minimum absolute atomic E-state index is 0.558. The lowest BCUT2D eigenvalue weighted by atomic mass is 9.91. The Kier molecular flexibility index (Phi) is 14.4. The van der Waals surface area contributed by atoms with E-state index in [0.29, 0.717) is 23.7 Å². The molecule has 8 aromatic carbocycles. The van der Waals surface area contributed by atoms with Crippen molar-refractivity contribution in [2.45, 2.75) is 6.42 Å². The Balaban J connectivity index is 1.21. The van der Waals surface area contributed by atoms with Crippen molar-refractivity contribution < 1.29 is 0 Å². The maximum Gasteiger partial charge on any atom is -0.0195 e. The van der Waals surface area contributed by atoms with Gasteiger partial charge in [-0.3, -0.25) is 0 Å². The molecule has 8 aromatic rings. The predicted molar refractivity (Wildman–Crippen MR) is 274 cm³/mol. The van der Waals surface area contributed by atoms with Gasteiger partial charge in [-0.2, -0.15) is 0 Å². The summed E-state index contributed by atoms with van der Waals surface area (Å²) < 4.78 is 0. The molecule has 1 aliphatic rings. The minimum atomic E-state index is -0.589. The average Bonchev–Trinajstić information content (AvgIpc) is 3.67. The molecule has 0 radical (unpaired) electrons. The molecule has 4 heteroatoms. The molecule has 1 aliphatic carbocycles. The van der Waals surface area contributed by atoms with E-state index in [0.717, 1.165) is 0 Å². The smallest absolute Gasteiger partial charge is 0.0195 e. The van der Waals surface area contributed by atoms with E-state index in [1.807, 2.05) is 0 Å². The Morgan fingerprint density at radius 3 is 0.574 bits per heavy atom. The molecule has 0 N–H and O–H groups in total. The molecule has 0 heterocycles. The summed E-state index contributed by atoms with van der Waals surface area (Å²) in [7, 11) is -2.30. The van der Waals surface area contributed by atoms with E-state index in [4.69, 9.17) is 0 Å². The van der Waals surface area contributed by atoms with Gasteiger partial charge in [0.05, 0.1) is 0 Å². The van der Waals surface area contributed by atoms with Crippen molar-refractivity contribution in [2.24, 2.45) is 23.7 Å². The van der Waals surface area contributed by atoms with Crippen molar-refractivity contribution in [1.82, 2.24) is 0 Å². The second kappa shape index (κ2) is 21.0. The molecular formula is C57H54P4. The highest BCUT2D eigenvalue weighted by molar-refractivity contribution is 7.74. The van der Waals surface area contributed by atoms with Gasteiger partial charge in [-0.25, -0.2) is 0 Å². The summed E-state index contributed by atoms with van der Waals surface area (Å²) in [5.74, 6) is 2.31. The molecule has 0 amide bonds. The fraction of sp³-hybridized carbons (Fsp3) is 0.158. The van der Waals surface area contributed by atoms with Gasteiger partial charge in [0.2, 0.25) is 0 Å². The van der Waals surface area contributed by atoms with E-state index in [1.54, 1.807) is 0 Å². The van der Waals surface area contributed by atoms with Crippen LogP contribution in [0.25, 0.3) is 0 Å². The van der Waals surface area contributed by atoms with Gasteiger partial charge in [-0.15, -0.1) is 0 Å². The van der Waals surface area contributed by atoms with Crippen molar-refractivity contribution in [3.63, 3.8) is 0 Å². The monoisotopic (exact) mass is 862 g/mol. The highest BCUT2D eigenvalue weighted by Gasteiger charge is 2.46. The molecule has 9 rings (SSSR count). The molecule has 0 aliphatic heterocycles. The van der Waals surface area contributed by atoms with Crippen molar-refractivity contribution in [3.8, 4) is 0 Å². The first kappa shape index (κ1) is 41.8. The molecule has 1 saturated carbocycles. The van der Waals surface area contributed by atoms with Crippen LogP contribution in [0.1, 0.15) is 6.42 Å². The molecule has 2 unspecified atom stereocenters. The summed E-state index contributed by atoms with van der Waals surface area (Å²) >= 11 is 0. The predicted octanol–water partition coefficient (Wildman–Crippen LogP) is 11.4. The highest BCUT2D eigenvalue weighted by atomic mass is 31.1. The van der Waals surface area contributed by atoms with Gasteiger partial charge in [-0.05, 0) is 129 Å². The van der Waals surface area contributed by atoms with E-state index in [9.17, 15) is 0 Å². The van der Waals surface area contributed by atoms with Crippen LogP contribution in [-0.2, 0) is 0 Å². The summed E-state index contributed by atoms with van der Waals surface area (Å²) in [6.45, 7) is 0. The van der Waals surface area contributed by atoms with Gasteiger partial charge in [0.25, 0.3) is 0 Å². The zero-order valence-electron chi connectivity index (χ0n) is 34.7. The number of benzene rings is 8. The van der Waals surface area contributed by atoms with Crippen LogP contribution in [0.15, 0.2) is 243 Å². The van der Waals surface area contributed by atoms with Crippen LogP contribution in [0.4, 0.5) is 0 Å². The molecular weight excluding hydrogens is 809 g/mol. The van der Waals surface area contributed by atoms with E-state index in [2.05, 4.69) is 243 Å². The molecule has 61 heavy (non-hydrogen) atoms. The summed E-state index contributed by atoms with van der Waals surface area (Å²) in [4.78, 5) is 0. The Hall–Kier alpha value is -4.52. The van der Waals surface area contributed by atoms with Gasteiger partial charge in [0.1, 0.15) is 0 Å². The van der Waals surface area contributed by atoms with Crippen molar-refractivity contribution >= 4 is 74.1 Å². The molecule has 1 fully saturated rings. The zero-order valence-corrected chi connectivity index (χ0v) is 38.3. The maximum absolute atomic E-state index is 2.42. The Morgan fingerprint density at radius 2 is 0.393 bits per heavy atom. The van der Waals surface area contributed by atoms with Crippen LogP contribution < -0.4 is 42.4 Å². The molecule has 0 nitrogen and oxygen atoms in total. The summed E-state index contributed by atoms with van der Waals surface area (Å²) in [5.41, 5.74) is 0. The van der Waals surface area contributed by atoms with Crippen LogP contribution in [-0.4, -0.2) is 24.6 Å². The number of rotatable bonds is 16. The van der Waals surface area contributed by atoms with E-state index in [1.165, 1.54) is 73.5 Å². The highest BCUT2D eigenvalue weighted by Crippen LogP contribution is 2.57. The first-order valence-electron chi connectivity index (χ1n) is 21.8. The summed E-state index contributed by atoms with van der Waals surface area (Å²) in [5, 5.41) is 12.0. The third kappa shape index (κ3) is 10.4. The first-order valence-corrected chi connectivity index (χ1v) is 27.9. The molecule has 0 aromatic heterocycles. The topological polar surface area (TPSA) is 0 Å². The first-order chi connectivity index (χ1) is 30.3. The molecule has 0 saturated heterocycles. The molecule has 302 valence electrons. The lowest BCUT2D eigenvalue weighted by molar-refractivity contribution is 0.366. The minimum Gasteiger partial charge on any atom is -0.0622 e. The van der Waals surface area contributed by atoms with Gasteiger partial charge in [-0.1, -0.05) is 243 Å². The fourth-order valence-electron chi connectivity index (χ4n) is 9.62. The van der Waals surface area contributed by atoms with Crippen LogP contribution in [0.2, 0.25) is 0 Å². The zero-order chi connectivity index (χ0) is 41.1. The van der Waals surface area contributed by atoms with Crippen LogP contribution in [0, 0.1) is 23.7 Å². The van der Waals surface area contributed by atoms with Gasteiger partial charge >= 0.3 is 0 Å². The molecule has 0 bridgehead atoms. The molecule has 4 atom stereocenters. The Morgan fingerprint density at radius 1 is 0.230 bits per heavy atom. The van der Waals surface area contributed by atoms with Gasteiger partial charge in [0, 0.05) is 0 Å². The van der Waals surface area contributed by atoms with E-state index >= 15 is 0 Å². The van der Waals surface area contributed by atoms with Crippen LogP contribution in [0.3, 0.4) is 0 Å². The maximum atomic E-state index is 2.42. The SMILES string of the molecule is c1ccc(P(CC2CC(CP(c3ccccc3)c3ccccc3)[C@H](CP(c3ccccc3)c3ccccc3)[C@@H]2CP(c2ccccc2)c2ccccc2)c2ccccc2)cc1. The average molecular weight is 863 g/mol. The second-order valence-corrected chi connectivity index (χ2v) is 25.2. The van der Waals surface area contributed by atoms with Crippen molar-refractivity contribution in [2.75, 3.05) is 24.6 Å². The van der Waals surface area contributed by atoms with Gasteiger partial charge < -0.3 is 0 Å². The van der Waals surface area contributed by atoms with Crippen LogP contribution >= 0.6 is 31.7 Å².